The van der Waals surface area contributed by atoms with Gasteiger partial charge in [-0.15, -0.1) is 4.58 Å². The maximum Gasteiger partial charge on any atom is 0.442 e. The van der Waals surface area contributed by atoms with Gasteiger partial charge in [0.25, 0.3) is 0 Å². The average molecular weight is 190 g/mol. The zero-order valence-corrected chi connectivity index (χ0v) is 7.68. The summed E-state index contributed by atoms with van der Waals surface area (Å²) in [7, 11) is 1.48. The third-order valence-corrected chi connectivity index (χ3v) is 1.27. The fraction of sp³-hybridized carbons (Fsp3) is 0.429. The summed E-state index contributed by atoms with van der Waals surface area (Å²) in [6, 6.07) is 0. The van der Waals surface area contributed by atoms with E-state index in [1.165, 1.54) is 13.4 Å². The van der Waals surface area contributed by atoms with Gasteiger partial charge in [-0.1, -0.05) is 11.6 Å². The molecule has 66 valence electrons. The fourth-order valence-corrected chi connectivity index (χ4v) is 0.576. The van der Waals surface area contributed by atoms with Crippen molar-refractivity contribution in [3.63, 3.8) is 0 Å². The highest BCUT2D eigenvalue weighted by molar-refractivity contribution is 6.44. The normalized spacial score (nSPS) is 10.4. The number of rotatable bonds is 3. The van der Waals surface area contributed by atoms with Crippen LogP contribution in [0.15, 0.2) is 5.03 Å². The zero-order valence-electron chi connectivity index (χ0n) is 6.93. The van der Waals surface area contributed by atoms with Crippen LogP contribution in [0.2, 0.25) is 0 Å². The van der Waals surface area contributed by atoms with Crippen molar-refractivity contribution in [3.05, 3.63) is 5.03 Å². The molecule has 0 radical (unpaired) electrons. The van der Waals surface area contributed by atoms with Gasteiger partial charge in [-0.05, 0) is 6.92 Å². The molecule has 0 aliphatic rings. The minimum absolute atomic E-state index is 0.270. The monoisotopic (exact) mass is 189 g/mol. The Morgan fingerprint density at radius 3 is 2.83 bits per heavy atom. The molecule has 0 spiro atoms. The summed E-state index contributed by atoms with van der Waals surface area (Å²) in [5.74, 6) is 1.27. The summed E-state index contributed by atoms with van der Waals surface area (Å²) < 4.78 is 5.98. The SMILES string of the molecule is CCOC=[N+](C)C(=O)C(Cl)=C=N. The average Bonchev–Trinajstić information content (AvgIpc) is 2.11. The molecule has 0 saturated heterocycles. The molecule has 4 nitrogen and oxygen atoms in total. The van der Waals surface area contributed by atoms with Crippen LogP contribution in [-0.2, 0) is 9.53 Å². The third-order valence-electron chi connectivity index (χ3n) is 1.02. The van der Waals surface area contributed by atoms with Gasteiger partial charge in [0.05, 0.1) is 6.61 Å². The number of carbonyl (C=O) groups is 1. The Labute approximate surface area is 75.6 Å². The van der Waals surface area contributed by atoms with Crippen LogP contribution >= 0.6 is 11.6 Å². The van der Waals surface area contributed by atoms with Crippen molar-refractivity contribution in [1.82, 2.24) is 0 Å². The molecule has 0 rings (SSSR count). The number of nitrogens with one attached hydrogen (secondary N) is 1. The van der Waals surface area contributed by atoms with Crippen LogP contribution < -0.4 is 0 Å². The fourth-order valence-electron chi connectivity index (χ4n) is 0.443. The molecule has 0 unspecified atom stereocenters. The van der Waals surface area contributed by atoms with E-state index in [1.54, 1.807) is 12.8 Å². The summed E-state index contributed by atoms with van der Waals surface area (Å²) in [4.78, 5) is 11.0. The van der Waals surface area contributed by atoms with Crippen LogP contribution in [0.5, 0.6) is 0 Å². The molecule has 0 fully saturated rings. The number of carbonyl (C=O) groups excluding carboxylic acids is 1. The Morgan fingerprint density at radius 1 is 1.83 bits per heavy atom. The van der Waals surface area contributed by atoms with E-state index < -0.39 is 5.91 Å². The first-order valence-electron chi connectivity index (χ1n) is 3.30. The van der Waals surface area contributed by atoms with Crippen molar-refractivity contribution in [3.8, 4) is 0 Å². The Bertz CT molecular complexity index is 254. The lowest BCUT2D eigenvalue weighted by Crippen LogP contribution is -2.18. The standard InChI is InChI=1S/C7H10ClN2O2/c1-3-12-5-10(2)7(11)6(8)4-9/h5,9H,3H2,1-2H3/q+1. The van der Waals surface area contributed by atoms with Gasteiger partial charge in [-0.25, -0.2) is 4.79 Å². The zero-order chi connectivity index (χ0) is 9.56. The van der Waals surface area contributed by atoms with Gasteiger partial charge >= 0.3 is 12.3 Å². The Kier molecular flexibility index (Phi) is 5.00. The van der Waals surface area contributed by atoms with Gasteiger partial charge < -0.3 is 4.74 Å². The summed E-state index contributed by atoms with van der Waals surface area (Å²) in [5, 5.41) is 6.32. The van der Waals surface area contributed by atoms with E-state index >= 15 is 0 Å². The molecule has 0 bridgehead atoms. The summed E-state index contributed by atoms with van der Waals surface area (Å²) in [6.45, 7) is 2.27. The predicted molar refractivity (Wildman–Crippen MR) is 46.0 cm³/mol. The van der Waals surface area contributed by atoms with Crippen molar-refractivity contribution in [1.29, 1.82) is 5.41 Å². The molecule has 0 atom stereocenters. The largest absolute Gasteiger partial charge is 0.450 e. The van der Waals surface area contributed by atoms with E-state index in [0.29, 0.717) is 6.61 Å². The van der Waals surface area contributed by atoms with Gasteiger partial charge in [-0.2, -0.15) is 0 Å². The van der Waals surface area contributed by atoms with Crippen molar-refractivity contribution in [2.24, 2.45) is 0 Å². The molecule has 1 N–H and O–H groups in total. The van der Waals surface area contributed by atoms with Gasteiger partial charge in [-0.3, -0.25) is 5.41 Å². The van der Waals surface area contributed by atoms with Crippen LogP contribution in [0, 0.1) is 5.41 Å². The third kappa shape index (κ3) is 3.32. The van der Waals surface area contributed by atoms with E-state index in [2.05, 4.69) is 0 Å². The van der Waals surface area contributed by atoms with E-state index in [4.69, 9.17) is 21.7 Å². The quantitative estimate of drug-likeness (QED) is 0.306. The molecule has 0 saturated carbocycles. The van der Waals surface area contributed by atoms with E-state index in [0.717, 1.165) is 4.58 Å². The molecule has 5 heteroatoms. The van der Waals surface area contributed by atoms with E-state index in [1.807, 2.05) is 0 Å². The van der Waals surface area contributed by atoms with Crippen molar-refractivity contribution >= 4 is 29.8 Å². The highest BCUT2D eigenvalue weighted by atomic mass is 35.5. The number of hydrogen-bond donors (Lipinski definition) is 1. The summed E-state index contributed by atoms with van der Waals surface area (Å²) in [6.07, 6.45) is 1.24. The Morgan fingerprint density at radius 2 is 2.42 bits per heavy atom. The first-order chi connectivity index (χ1) is 5.63. The number of ether oxygens (including phenoxy) is 1. The number of hydrogen-bond acceptors (Lipinski definition) is 3. The molecule has 0 aliphatic carbocycles. The number of halogens is 1. The first-order valence-corrected chi connectivity index (χ1v) is 3.68. The second-order valence-electron chi connectivity index (χ2n) is 1.92. The number of likely N-dealkylation sites (N-methyl/N-ethyl adjacent to an activating group) is 1. The van der Waals surface area contributed by atoms with Crippen molar-refractivity contribution in [2.75, 3.05) is 13.7 Å². The second-order valence-corrected chi connectivity index (χ2v) is 2.29. The lowest BCUT2D eigenvalue weighted by atomic mass is 10.5. The van der Waals surface area contributed by atoms with E-state index in [9.17, 15) is 4.79 Å². The molecule has 0 heterocycles. The van der Waals surface area contributed by atoms with Crippen molar-refractivity contribution < 1.29 is 14.1 Å². The minimum atomic E-state index is -0.514. The molecule has 12 heavy (non-hydrogen) atoms. The molecular weight excluding hydrogens is 180 g/mol. The number of amides is 1. The maximum absolute atomic E-state index is 11.0. The molecule has 0 aromatic heterocycles. The summed E-state index contributed by atoms with van der Waals surface area (Å²) in [5.41, 5.74) is 0. The predicted octanol–water partition coefficient (Wildman–Crippen LogP) is 0.591. The van der Waals surface area contributed by atoms with Crippen molar-refractivity contribution in [2.45, 2.75) is 6.92 Å². The topological polar surface area (TPSA) is 53.2 Å². The molecule has 0 aliphatic heterocycles. The molecule has 0 aromatic rings. The minimum Gasteiger partial charge on any atom is -0.450 e. The highest BCUT2D eigenvalue weighted by Gasteiger charge is 2.17. The van der Waals surface area contributed by atoms with Gasteiger partial charge in [0.1, 0.15) is 7.05 Å². The smallest absolute Gasteiger partial charge is 0.442 e. The van der Waals surface area contributed by atoms with Gasteiger partial charge in [0, 0.05) is 5.87 Å². The van der Waals surface area contributed by atoms with Crippen LogP contribution in [0.25, 0.3) is 0 Å². The first kappa shape index (κ1) is 10.9. The van der Waals surface area contributed by atoms with E-state index in [-0.39, 0.29) is 5.03 Å². The molecule has 1 amide bonds. The number of nitrogens with zero attached hydrogens (tertiary/aromatic N) is 1. The van der Waals surface area contributed by atoms with Crippen LogP contribution in [0.3, 0.4) is 0 Å². The Hall–Kier alpha value is -1.12. The van der Waals surface area contributed by atoms with Crippen LogP contribution in [0.4, 0.5) is 0 Å². The van der Waals surface area contributed by atoms with Gasteiger partial charge in [0.2, 0.25) is 5.03 Å². The second kappa shape index (κ2) is 5.52. The van der Waals surface area contributed by atoms with Crippen LogP contribution in [0.1, 0.15) is 6.92 Å². The van der Waals surface area contributed by atoms with Crippen LogP contribution in [-0.4, -0.2) is 36.4 Å². The lowest BCUT2D eigenvalue weighted by molar-refractivity contribution is -0.417. The van der Waals surface area contributed by atoms with Gasteiger partial charge in [0.15, 0.2) is 0 Å². The maximum atomic E-state index is 11.0. The molecular formula is C7H10ClN2O2+. The molecule has 0 aromatic carbocycles. The lowest BCUT2D eigenvalue weighted by Gasteiger charge is -1.91. The summed E-state index contributed by atoms with van der Waals surface area (Å²) >= 11 is 5.34. The highest BCUT2D eigenvalue weighted by Crippen LogP contribution is 1.96. The Balaban J connectivity index is 4.39.